The number of rotatable bonds is 7. The van der Waals surface area contributed by atoms with Gasteiger partial charge in [-0.15, -0.1) is 10.2 Å². The van der Waals surface area contributed by atoms with Crippen LogP contribution >= 0.6 is 0 Å². The Morgan fingerprint density at radius 3 is 2.86 bits per heavy atom. The molecule has 22 heavy (non-hydrogen) atoms. The lowest BCUT2D eigenvalue weighted by atomic mass is 10.0. The summed E-state index contributed by atoms with van der Waals surface area (Å²) >= 11 is 0. The van der Waals surface area contributed by atoms with Crippen LogP contribution in [0, 0.1) is 5.92 Å². The van der Waals surface area contributed by atoms with Gasteiger partial charge in [0.25, 0.3) is 0 Å². The van der Waals surface area contributed by atoms with Crippen molar-refractivity contribution >= 4 is 11.6 Å². The minimum absolute atomic E-state index is 0.331. The Hall–Kier alpha value is -2.11. The third kappa shape index (κ3) is 4.72. The normalized spacial score (nSPS) is 13.7. The van der Waals surface area contributed by atoms with Gasteiger partial charge in [-0.2, -0.15) is 0 Å². The van der Waals surface area contributed by atoms with E-state index in [0.717, 1.165) is 23.8 Å². The molecule has 0 fully saturated rings. The van der Waals surface area contributed by atoms with E-state index in [1.165, 1.54) is 12.8 Å². The summed E-state index contributed by atoms with van der Waals surface area (Å²) in [7, 11) is 0. The van der Waals surface area contributed by atoms with E-state index in [4.69, 9.17) is 5.73 Å². The van der Waals surface area contributed by atoms with Crippen LogP contribution < -0.4 is 11.1 Å². The van der Waals surface area contributed by atoms with Gasteiger partial charge in [0.05, 0.1) is 0 Å². The summed E-state index contributed by atoms with van der Waals surface area (Å²) in [6, 6.07) is 6.13. The number of guanidine groups is 1. The second kappa shape index (κ2) is 7.77. The Balaban J connectivity index is 1.84. The fourth-order valence-corrected chi connectivity index (χ4v) is 2.36. The van der Waals surface area contributed by atoms with Gasteiger partial charge in [0, 0.05) is 12.2 Å². The van der Waals surface area contributed by atoms with Crippen molar-refractivity contribution < 1.29 is 0 Å². The highest BCUT2D eigenvalue weighted by Crippen LogP contribution is 2.08. The maximum absolute atomic E-state index is 5.95. The lowest BCUT2D eigenvalue weighted by Gasteiger charge is -2.14. The molecule has 2 aromatic heterocycles. The molecule has 0 saturated carbocycles. The molecule has 0 bridgehead atoms. The Bertz CT molecular complexity index is 616. The molecule has 0 amide bonds. The molecule has 2 heterocycles. The number of fused-ring (bicyclic) bond motifs is 1. The highest BCUT2D eigenvalue weighted by Gasteiger charge is 2.06. The maximum Gasteiger partial charge on any atom is 0.189 e. The Labute approximate surface area is 131 Å². The quantitative estimate of drug-likeness (QED) is 0.607. The highest BCUT2D eigenvalue weighted by atomic mass is 15.3. The van der Waals surface area contributed by atoms with Gasteiger partial charge in [-0.25, -0.2) is 4.99 Å². The van der Waals surface area contributed by atoms with Crippen molar-refractivity contribution in [2.75, 3.05) is 0 Å². The monoisotopic (exact) mass is 302 g/mol. The minimum atomic E-state index is 0.331. The van der Waals surface area contributed by atoms with Crippen LogP contribution in [0.15, 0.2) is 29.4 Å². The molecule has 0 spiro atoms. The maximum atomic E-state index is 5.95. The number of aliphatic imine (C=N–C) groups is 1. The lowest BCUT2D eigenvalue weighted by Crippen LogP contribution is -2.38. The van der Waals surface area contributed by atoms with E-state index in [2.05, 4.69) is 41.3 Å². The first-order valence-corrected chi connectivity index (χ1v) is 7.91. The van der Waals surface area contributed by atoms with Crippen LogP contribution in [0.4, 0.5) is 0 Å². The van der Waals surface area contributed by atoms with Crippen molar-refractivity contribution in [2.45, 2.75) is 52.6 Å². The van der Waals surface area contributed by atoms with Crippen LogP contribution in [-0.4, -0.2) is 26.6 Å². The molecule has 3 N–H and O–H groups in total. The van der Waals surface area contributed by atoms with E-state index in [-0.39, 0.29) is 0 Å². The van der Waals surface area contributed by atoms with Crippen LogP contribution in [0.5, 0.6) is 0 Å². The molecule has 120 valence electrons. The smallest absolute Gasteiger partial charge is 0.189 e. The first-order chi connectivity index (χ1) is 10.6. The first-order valence-electron chi connectivity index (χ1n) is 7.91. The van der Waals surface area contributed by atoms with Crippen LogP contribution in [0.3, 0.4) is 0 Å². The van der Waals surface area contributed by atoms with E-state index in [0.29, 0.717) is 18.5 Å². The minimum Gasteiger partial charge on any atom is -0.370 e. The lowest BCUT2D eigenvalue weighted by molar-refractivity contribution is 0.493. The zero-order valence-electron chi connectivity index (χ0n) is 13.7. The van der Waals surface area contributed by atoms with Gasteiger partial charge >= 0.3 is 0 Å². The number of hydrogen-bond acceptors (Lipinski definition) is 3. The Morgan fingerprint density at radius 1 is 1.27 bits per heavy atom. The fraction of sp³-hybridized carbons (Fsp3) is 0.562. The standard InChI is InChI=1S/C16H26N6/c1-12(2)7-6-8-13(3)19-16(17)18-11-15-21-20-14-9-4-5-10-22(14)15/h4-5,9-10,12-13H,6-8,11H2,1-3H3,(H3,17,18,19). The molecule has 6 nitrogen and oxygen atoms in total. The van der Waals surface area contributed by atoms with Crippen molar-refractivity contribution in [1.29, 1.82) is 0 Å². The van der Waals surface area contributed by atoms with Crippen molar-refractivity contribution in [3.63, 3.8) is 0 Å². The van der Waals surface area contributed by atoms with E-state index >= 15 is 0 Å². The molecular weight excluding hydrogens is 276 g/mol. The first kappa shape index (κ1) is 16.3. The number of hydrogen-bond donors (Lipinski definition) is 2. The van der Waals surface area contributed by atoms with E-state index in [9.17, 15) is 0 Å². The van der Waals surface area contributed by atoms with E-state index < -0.39 is 0 Å². The molecular formula is C16H26N6. The second-order valence-electron chi connectivity index (χ2n) is 6.12. The van der Waals surface area contributed by atoms with Crippen LogP contribution in [0.2, 0.25) is 0 Å². The Kier molecular flexibility index (Phi) is 5.75. The van der Waals surface area contributed by atoms with Crippen LogP contribution in [0.1, 0.15) is 45.9 Å². The number of aromatic nitrogens is 3. The molecule has 0 saturated heterocycles. The van der Waals surface area contributed by atoms with Crippen LogP contribution in [-0.2, 0) is 6.54 Å². The van der Waals surface area contributed by atoms with Gasteiger partial charge in [-0.3, -0.25) is 4.40 Å². The van der Waals surface area contributed by atoms with Gasteiger partial charge in [0.15, 0.2) is 17.4 Å². The summed E-state index contributed by atoms with van der Waals surface area (Å²) in [6.07, 6.45) is 5.48. The largest absolute Gasteiger partial charge is 0.370 e. The summed E-state index contributed by atoms with van der Waals surface area (Å²) in [5, 5.41) is 11.5. The topological polar surface area (TPSA) is 80.6 Å². The molecule has 1 unspecified atom stereocenters. The van der Waals surface area contributed by atoms with Crippen molar-refractivity contribution in [2.24, 2.45) is 16.6 Å². The fourth-order valence-electron chi connectivity index (χ4n) is 2.36. The third-order valence-electron chi connectivity index (χ3n) is 3.59. The average Bonchev–Trinajstić information content (AvgIpc) is 2.88. The average molecular weight is 302 g/mol. The predicted molar refractivity (Wildman–Crippen MR) is 89.6 cm³/mol. The molecule has 0 radical (unpaired) electrons. The van der Waals surface area contributed by atoms with E-state index in [1.54, 1.807) is 0 Å². The van der Waals surface area contributed by atoms with Gasteiger partial charge in [-0.05, 0) is 31.4 Å². The summed E-state index contributed by atoms with van der Waals surface area (Å²) in [5.74, 6) is 2.00. The van der Waals surface area contributed by atoms with E-state index in [1.807, 2.05) is 28.8 Å². The van der Waals surface area contributed by atoms with Gasteiger partial charge < -0.3 is 11.1 Å². The van der Waals surface area contributed by atoms with Crippen molar-refractivity contribution in [3.8, 4) is 0 Å². The number of pyridine rings is 1. The molecule has 0 aliphatic heterocycles. The summed E-state index contributed by atoms with van der Waals surface area (Å²) in [4.78, 5) is 4.36. The zero-order chi connectivity index (χ0) is 15.9. The SMILES string of the molecule is CC(C)CCCC(C)NC(N)=NCc1nnc2ccccn12. The Morgan fingerprint density at radius 2 is 2.09 bits per heavy atom. The molecule has 0 aliphatic rings. The molecule has 2 aromatic rings. The van der Waals surface area contributed by atoms with Crippen LogP contribution in [0.25, 0.3) is 5.65 Å². The third-order valence-corrected chi connectivity index (χ3v) is 3.59. The number of nitrogens with zero attached hydrogens (tertiary/aromatic N) is 4. The summed E-state index contributed by atoms with van der Waals surface area (Å²) in [6.45, 7) is 7.05. The summed E-state index contributed by atoms with van der Waals surface area (Å²) in [5.41, 5.74) is 6.77. The van der Waals surface area contributed by atoms with Crippen molar-refractivity contribution in [3.05, 3.63) is 30.2 Å². The molecule has 2 rings (SSSR count). The molecule has 0 aliphatic carbocycles. The molecule has 6 heteroatoms. The number of nitrogens with two attached hydrogens (primary N) is 1. The second-order valence-corrected chi connectivity index (χ2v) is 6.12. The summed E-state index contributed by atoms with van der Waals surface area (Å²) < 4.78 is 1.92. The highest BCUT2D eigenvalue weighted by molar-refractivity contribution is 5.78. The predicted octanol–water partition coefficient (Wildman–Crippen LogP) is 2.35. The zero-order valence-corrected chi connectivity index (χ0v) is 13.7. The van der Waals surface area contributed by atoms with Crippen molar-refractivity contribution in [1.82, 2.24) is 19.9 Å². The van der Waals surface area contributed by atoms with Gasteiger partial charge in [0.2, 0.25) is 0 Å². The molecule has 0 aromatic carbocycles. The van der Waals surface area contributed by atoms with Gasteiger partial charge in [0.1, 0.15) is 6.54 Å². The molecule has 1 atom stereocenters. The van der Waals surface area contributed by atoms with Gasteiger partial charge in [-0.1, -0.05) is 32.8 Å². The number of nitrogens with one attached hydrogen (secondary N) is 1.